The van der Waals surface area contributed by atoms with Gasteiger partial charge in [-0.05, 0) is 56.0 Å². The summed E-state index contributed by atoms with van der Waals surface area (Å²) in [5, 5.41) is 13.1. The van der Waals surface area contributed by atoms with E-state index in [1.165, 1.54) is 13.5 Å². The topological polar surface area (TPSA) is 58.6 Å². The Hall–Kier alpha value is -1.55. The summed E-state index contributed by atoms with van der Waals surface area (Å²) in [5.41, 5.74) is 1.51. The van der Waals surface area contributed by atoms with Crippen LogP contribution in [0.3, 0.4) is 0 Å². The minimum absolute atomic E-state index is 0.0990. The smallest absolute Gasteiger partial charge is 0.161 e. The van der Waals surface area contributed by atoms with Crippen LogP contribution in [-0.4, -0.2) is 31.6 Å². The van der Waals surface area contributed by atoms with Crippen LogP contribution in [0.1, 0.15) is 28.8 Å². The van der Waals surface area contributed by atoms with Crippen molar-refractivity contribution in [3.63, 3.8) is 0 Å². The van der Waals surface area contributed by atoms with E-state index in [0.717, 1.165) is 37.8 Å². The number of phenolic OH excluding ortho intramolecular Hbond substituents is 1. The summed E-state index contributed by atoms with van der Waals surface area (Å²) in [5.74, 6) is 0.981. The molecule has 0 spiro atoms. The fourth-order valence-electron chi connectivity index (χ4n) is 2.49. The Morgan fingerprint density at radius 3 is 3.00 bits per heavy atom. The van der Waals surface area contributed by atoms with E-state index >= 15 is 0 Å². The van der Waals surface area contributed by atoms with E-state index in [2.05, 4.69) is 5.32 Å². The molecule has 18 heavy (non-hydrogen) atoms. The van der Waals surface area contributed by atoms with Gasteiger partial charge in [0.15, 0.2) is 11.5 Å². The van der Waals surface area contributed by atoms with Gasteiger partial charge in [-0.2, -0.15) is 0 Å². The number of hydrogen-bond acceptors (Lipinski definition) is 4. The fourth-order valence-corrected chi connectivity index (χ4v) is 2.49. The van der Waals surface area contributed by atoms with E-state index in [1.807, 2.05) is 0 Å². The Bertz CT molecular complexity index is 425. The quantitative estimate of drug-likeness (QED) is 0.798. The van der Waals surface area contributed by atoms with E-state index in [-0.39, 0.29) is 5.75 Å². The summed E-state index contributed by atoms with van der Waals surface area (Å²) in [6, 6.07) is 3.26. The number of benzene rings is 1. The van der Waals surface area contributed by atoms with E-state index in [9.17, 15) is 9.90 Å². The zero-order valence-corrected chi connectivity index (χ0v) is 10.6. The first-order valence-corrected chi connectivity index (χ1v) is 6.30. The molecule has 1 aromatic carbocycles. The van der Waals surface area contributed by atoms with Crippen molar-refractivity contribution in [2.75, 3.05) is 20.2 Å². The highest BCUT2D eigenvalue weighted by Crippen LogP contribution is 2.30. The van der Waals surface area contributed by atoms with Crippen molar-refractivity contribution >= 4 is 6.29 Å². The van der Waals surface area contributed by atoms with Crippen LogP contribution in [0.4, 0.5) is 0 Å². The molecule has 2 N–H and O–H groups in total. The number of hydrogen-bond donors (Lipinski definition) is 2. The van der Waals surface area contributed by atoms with Gasteiger partial charge in [0.2, 0.25) is 0 Å². The number of phenols is 1. The molecule has 1 atom stereocenters. The van der Waals surface area contributed by atoms with E-state index in [0.29, 0.717) is 17.2 Å². The van der Waals surface area contributed by atoms with E-state index in [1.54, 1.807) is 12.1 Å². The number of carbonyl (C=O) groups excluding carboxylic acids is 1. The minimum atomic E-state index is 0.0990. The second-order valence-corrected chi connectivity index (χ2v) is 4.76. The Morgan fingerprint density at radius 1 is 1.56 bits per heavy atom. The number of ether oxygens (including phenoxy) is 1. The van der Waals surface area contributed by atoms with E-state index < -0.39 is 0 Å². The molecule has 0 radical (unpaired) electrons. The molecule has 0 amide bonds. The number of rotatable bonds is 4. The van der Waals surface area contributed by atoms with Crippen LogP contribution in [0.2, 0.25) is 0 Å². The molecule has 4 heteroatoms. The zero-order valence-electron chi connectivity index (χ0n) is 10.6. The molecule has 0 bridgehead atoms. The largest absolute Gasteiger partial charge is 0.504 e. The van der Waals surface area contributed by atoms with Crippen LogP contribution in [0.15, 0.2) is 12.1 Å². The SMILES string of the molecule is COc1cc(C=O)c(CC2CCCNC2)cc1O. The predicted octanol–water partition coefficient (Wildman–Crippen LogP) is 1.76. The summed E-state index contributed by atoms with van der Waals surface area (Å²) in [6.07, 6.45) is 3.98. The third kappa shape index (κ3) is 2.82. The molecule has 1 aliphatic rings. The number of methoxy groups -OCH3 is 1. The van der Waals surface area contributed by atoms with Crippen molar-refractivity contribution in [3.8, 4) is 11.5 Å². The summed E-state index contributed by atoms with van der Waals surface area (Å²) >= 11 is 0. The Kier molecular flexibility index (Phi) is 4.20. The lowest BCUT2D eigenvalue weighted by atomic mass is 9.90. The Labute approximate surface area is 107 Å². The number of piperidine rings is 1. The first-order valence-electron chi connectivity index (χ1n) is 6.30. The van der Waals surface area contributed by atoms with Crippen molar-refractivity contribution < 1.29 is 14.6 Å². The average molecular weight is 249 g/mol. The normalized spacial score (nSPS) is 19.5. The molecule has 1 fully saturated rings. The third-order valence-corrected chi connectivity index (χ3v) is 3.48. The number of aromatic hydroxyl groups is 1. The summed E-state index contributed by atoms with van der Waals surface area (Å²) in [7, 11) is 1.48. The van der Waals surface area contributed by atoms with Gasteiger partial charge in [0, 0.05) is 5.56 Å². The minimum Gasteiger partial charge on any atom is -0.504 e. The van der Waals surface area contributed by atoms with Crippen LogP contribution in [0.5, 0.6) is 11.5 Å². The van der Waals surface area contributed by atoms with Crippen molar-refractivity contribution in [1.82, 2.24) is 5.32 Å². The highest BCUT2D eigenvalue weighted by molar-refractivity contribution is 5.79. The molecule has 1 aromatic rings. The number of nitrogens with one attached hydrogen (secondary N) is 1. The van der Waals surface area contributed by atoms with Crippen LogP contribution in [0.25, 0.3) is 0 Å². The summed E-state index contributed by atoms with van der Waals surface area (Å²) in [4.78, 5) is 11.1. The standard InChI is InChI=1S/C14H19NO3/c1-18-14-7-12(9-16)11(6-13(14)17)5-10-3-2-4-15-8-10/h6-7,9-10,15,17H,2-5,8H2,1H3. The Morgan fingerprint density at radius 2 is 2.39 bits per heavy atom. The number of aldehydes is 1. The first kappa shape index (κ1) is 12.9. The van der Waals surface area contributed by atoms with Crippen LogP contribution in [-0.2, 0) is 6.42 Å². The van der Waals surface area contributed by atoms with Gasteiger partial charge in [-0.25, -0.2) is 0 Å². The zero-order chi connectivity index (χ0) is 13.0. The van der Waals surface area contributed by atoms with Crippen molar-refractivity contribution in [3.05, 3.63) is 23.3 Å². The van der Waals surface area contributed by atoms with Gasteiger partial charge in [0.1, 0.15) is 6.29 Å². The van der Waals surface area contributed by atoms with Gasteiger partial charge in [-0.3, -0.25) is 4.79 Å². The van der Waals surface area contributed by atoms with Crippen molar-refractivity contribution in [2.24, 2.45) is 5.92 Å². The second-order valence-electron chi connectivity index (χ2n) is 4.76. The van der Waals surface area contributed by atoms with Gasteiger partial charge in [0.25, 0.3) is 0 Å². The maximum absolute atomic E-state index is 11.1. The van der Waals surface area contributed by atoms with Gasteiger partial charge >= 0.3 is 0 Å². The lowest BCUT2D eigenvalue weighted by Gasteiger charge is -2.23. The molecular weight excluding hydrogens is 230 g/mol. The molecule has 1 heterocycles. The summed E-state index contributed by atoms with van der Waals surface area (Å²) in [6.45, 7) is 2.05. The molecule has 0 saturated carbocycles. The van der Waals surface area contributed by atoms with Crippen molar-refractivity contribution in [1.29, 1.82) is 0 Å². The molecule has 98 valence electrons. The predicted molar refractivity (Wildman–Crippen MR) is 69.3 cm³/mol. The monoisotopic (exact) mass is 249 g/mol. The molecule has 1 unspecified atom stereocenters. The average Bonchev–Trinajstić information content (AvgIpc) is 2.40. The van der Waals surface area contributed by atoms with Crippen LogP contribution < -0.4 is 10.1 Å². The maximum Gasteiger partial charge on any atom is 0.161 e. The summed E-state index contributed by atoms with van der Waals surface area (Å²) < 4.78 is 5.01. The van der Waals surface area contributed by atoms with Gasteiger partial charge in [-0.15, -0.1) is 0 Å². The van der Waals surface area contributed by atoms with Gasteiger partial charge in [0.05, 0.1) is 7.11 Å². The number of carbonyl (C=O) groups is 1. The highest BCUT2D eigenvalue weighted by Gasteiger charge is 2.17. The molecule has 4 nitrogen and oxygen atoms in total. The molecule has 0 aliphatic carbocycles. The first-order chi connectivity index (χ1) is 8.74. The van der Waals surface area contributed by atoms with Crippen LogP contribution in [0, 0.1) is 5.92 Å². The Balaban J connectivity index is 2.20. The molecular formula is C14H19NO3. The molecule has 0 aromatic heterocycles. The highest BCUT2D eigenvalue weighted by atomic mass is 16.5. The third-order valence-electron chi connectivity index (χ3n) is 3.48. The lowest BCUT2D eigenvalue weighted by Crippen LogP contribution is -2.31. The molecule has 1 aliphatic heterocycles. The molecule has 1 saturated heterocycles. The van der Waals surface area contributed by atoms with Crippen LogP contribution >= 0.6 is 0 Å². The maximum atomic E-state index is 11.1. The van der Waals surface area contributed by atoms with E-state index in [4.69, 9.17) is 4.74 Å². The second kappa shape index (κ2) is 5.87. The van der Waals surface area contributed by atoms with Gasteiger partial charge < -0.3 is 15.2 Å². The molecule has 2 rings (SSSR count). The lowest BCUT2D eigenvalue weighted by molar-refractivity contribution is 0.112. The van der Waals surface area contributed by atoms with Crippen molar-refractivity contribution in [2.45, 2.75) is 19.3 Å². The van der Waals surface area contributed by atoms with Gasteiger partial charge in [-0.1, -0.05) is 0 Å². The fraction of sp³-hybridized carbons (Fsp3) is 0.500.